The molecule has 1 unspecified atom stereocenters. The van der Waals surface area contributed by atoms with E-state index in [1.54, 1.807) is 0 Å². The van der Waals surface area contributed by atoms with E-state index in [0.29, 0.717) is 18.0 Å². The standard InChI is InChI=1S/C13H18IN3O2/c14-13-3-12(17(15-13)10-1-2-18-6-10)9-4-16(5-9)11-7-19-8-11/h3,9-11H,1-2,4-8H2. The molecule has 0 N–H and O–H groups in total. The van der Waals surface area contributed by atoms with E-state index in [-0.39, 0.29) is 0 Å². The van der Waals surface area contributed by atoms with Gasteiger partial charge in [0.15, 0.2) is 0 Å². The van der Waals surface area contributed by atoms with E-state index in [2.05, 4.69) is 43.3 Å². The number of hydrogen-bond acceptors (Lipinski definition) is 4. The van der Waals surface area contributed by atoms with Crippen LogP contribution < -0.4 is 0 Å². The van der Waals surface area contributed by atoms with Crippen molar-refractivity contribution in [1.82, 2.24) is 14.7 Å². The van der Waals surface area contributed by atoms with Gasteiger partial charge >= 0.3 is 0 Å². The number of aromatic nitrogens is 2. The topological polar surface area (TPSA) is 39.5 Å². The van der Waals surface area contributed by atoms with Gasteiger partial charge in [0, 0.05) is 31.3 Å². The molecule has 3 fully saturated rings. The highest BCUT2D eigenvalue weighted by Crippen LogP contribution is 2.33. The fraction of sp³-hybridized carbons (Fsp3) is 0.769. The first-order valence-corrected chi connectivity index (χ1v) is 8.03. The molecule has 0 aromatic carbocycles. The van der Waals surface area contributed by atoms with Crippen LogP contribution in [-0.2, 0) is 9.47 Å². The molecule has 3 saturated heterocycles. The summed E-state index contributed by atoms with van der Waals surface area (Å²) in [5, 5.41) is 4.68. The summed E-state index contributed by atoms with van der Waals surface area (Å²) >= 11 is 2.32. The normalized spacial score (nSPS) is 29.4. The minimum Gasteiger partial charge on any atom is -0.379 e. The van der Waals surface area contributed by atoms with Gasteiger partial charge in [-0.1, -0.05) is 0 Å². The van der Waals surface area contributed by atoms with Gasteiger partial charge in [-0.25, -0.2) is 0 Å². The first kappa shape index (κ1) is 12.6. The van der Waals surface area contributed by atoms with Crippen LogP contribution in [0.3, 0.4) is 0 Å². The van der Waals surface area contributed by atoms with E-state index in [4.69, 9.17) is 9.47 Å². The van der Waals surface area contributed by atoms with Crippen LogP contribution in [0.5, 0.6) is 0 Å². The van der Waals surface area contributed by atoms with E-state index < -0.39 is 0 Å². The van der Waals surface area contributed by atoms with Crippen molar-refractivity contribution < 1.29 is 9.47 Å². The summed E-state index contributed by atoms with van der Waals surface area (Å²) in [4.78, 5) is 2.53. The molecule has 0 aliphatic carbocycles. The lowest BCUT2D eigenvalue weighted by molar-refractivity contribution is -0.0914. The molecule has 0 saturated carbocycles. The smallest absolute Gasteiger partial charge is 0.123 e. The minimum absolute atomic E-state index is 0.444. The third-order valence-corrected chi connectivity index (χ3v) is 4.98. The van der Waals surface area contributed by atoms with Crippen LogP contribution in [0, 0.1) is 3.70 Å². The van der Waals surface area contributed by atoms with Gasteiger partial charge in [0.05, 0.1) is 31.9 Å². The maximum absolute atomic E-state index is 5.50. The van der Waals surface area contributed by atoms with Crippen LogP contribution in [0.25, 0.3) is 0 Å². The average Bonchev–Trinajstić information content (AvgIpc) is 2.88. The molecule has 3 aliphatic rings. The average molecular weight is 375 g/mol. The van der Waals surface area contributed by atoms with Crippen molar-refractivity contribution in [3.63, 3.8) is 0 Å². The largest absolute Gasteiger partial charge is 0.379 e. The van der Waals surface area contributed by atoms with Crippen molar-refractivity contribution in [1.29, 1.82) is 0 Å². The van der Waals surface area contributed by atoms with Gasteiger partial charge < -0.3 is 9.47 Å². The molecule has 19 heavy (non-hydrogen) atoms. The summed E-state index contributed by atoms with van der Waals surface area (Å²) in [7, 11) is 0. The Morgan fingerprint density at radius 1 is 1.16 bits per heavy atom. The zero-order valence-electron chi connectivity index (χ0n) is 10.8. The van der Waals surface area contributed by atoms with E-state index in [1.807, 2.05) is 0 Å². The van der Waals surface area contributed by atoms with Crippen LogP contribution in [0.2, 0.25) is 0 Å². The summed E-state index contributed by atoms with van der Waals surface area (Å²) in [5.41, 5.74) is 1.40. The molecule has 3 aliphatic heterocycles. The number of likely N-dealkylation sites (tertiary alicyclic amines) is 1. The SMILES string of the molecule is Ic1cc(C2CN(C3COC3)C2)n(C2CCOC2)n1. The second-order valence-corrected chi connectivity index (χ2v) is 6.80. The molecule has 4 rings (SSSR count). The third kappa shape index (κ3) is 2.22. The number of ether oxygens (including phenoxy) is 2. The second kappa shape index (κ2) is 4.98. The Labute approximate surface area is 126 Å². The van der Waals surface area contributed by atoms with Crippen molar-refractivity contribution in [2.24, 2.45) is 0 Å². The Balaban J connectivity index is 1.48. The predicted molar refractivity (Wildman–Crippen MR) is 78.3 cm³/mol. The molecule has 0 bridgehead atoms. The van der Waals surface area contributed by atoms with Crippen molar-refractivity contribution in [2.75, 3.05) is 39.5 Å². The maximum Gasteiger partial charge on any atom is 0.123 e. The fourth-order valence-corrected chi connectivity index (χ4v) is 3.67. The molecule has 0 radical (unpaired) electrons. The molecule has 104 valence electrons. The first-order chi connectivity index (χ1) is 9.31. The Bertz CT molecular complexity index is 462. The van der Waals surface area contributed by atoms with Crippen LogP contribution in [0.4, 0.5) is 0 Å². The molecular formula is C13H18IN3O2. The van der Waals surface area contributed by atoms with Gasteiger partial charge in [-0.05, 0) is 35.1 Å². The van der Waals surface area contributed by atoms with Crippen molar-refractivity contribution in [3.8, 4) is 0 Å². The van der Waals surface area contributed by atoms with E-state index >= 15 is 0 Å². The molecule has 4 heterocycles. The predicted octanol–water partition coefficient (Wildman–Crippen LogP) is 1.25. The zero-order valence-corrected chi connectivity index (χ0v) is 13.0. The van der Waals surface area contributed by atoms with Gasteiger partial charge in [-0.3, -0.25) is 9.58 Å². The fourth-order valence-electron chi connectivity index (χ4n) is 3.12. The van der Waals surface area contributed by atoms with Crippen LogP contribution in [0.15, 0.2) is 6.07 Å². The summed E-state index contributed by atoms with van der Waals surface area (Å²) in [6, 6.07) is 3.36. The number of halogens is 1. The molecule has 1 atom stereocenters. The number of rotatable bonds is 3. The lowest BCUT2D eigenvalue weighted by Gasteiger charge is -2.47. The van der Waals surface area contributed by atoms with Crippen LogP contribution in [-0.4, -0.2) is 60.2 Å². The monoisotopic (exact) mass is 375 g/mol. The molecule has 6 heteroatoms. The van der Waals surface area contributed by atoms with Crippen LogP contribution >= 0.6 is 22.6 Å². The summed E-state index contributed by atoms with van der Waals surface area (Å²) < 4.78 is 14.1. The van der Waals surface area contributed by atoms with Gasteiger partial charge in [-0.15, -0.1) is 0 Å². The summed E-state index contributed by atoms with van der Waals surface area (Å²) in [6.45, 7) is 5.83. The second-order valence-electron chi connectivity index (χ2n) is 5.70. The van der Waals surface area contributed by atoms with Crippen molar-refractivity contribution in [2.45, 2.75) is 24.4 Å². The summed E-state index contributed by atoms with van der Waals surface area (Å²) in [5.74, 6) is 0.636. The molecule has 0 amide bonds. The Morgan fingerprint density at radius 2 is 1.95 bits per heavy atom. The van der Waals surface area contributed by atoms with E-state index in [1.165, 1.54) is 5.69 Å². The Kier molecular flexibility index (Phi) is 3.29. The van der Waals surface area contributed by atoms with Crippen molar-refractivity contribution >= 4 is 22.6 Å². The minimum atomic E-state index is 0.444. The lowest BCUT2D eigenvalue weighted by atomic mass is 9.93. The number of hydrogen-bond donors (Lipinski definition) is 0. The van der Waals surface area contributed by atoms with Gasteiger partial charge in [0.1, 0.15) is 3.70 Å². The Morgan fingerprint density at radius 3 is 2.58 bits per heavy atom. The van der Waals surface area contributed by atoms with Crippen molar-refractivity contribution in [3.05, 3.63) is 15.5 Å². The molecular weight excluding hydrogens is 357 g/mol. The number of nitrogens with zero attached hydrogens (tertiary/aromatic N) is 3. The zero-order chi connectivity index (χ0) is 12.8. The third-order valence-electron chi connectivity index (χ3n) is 4.45. The quantitative estimate of drug-likeness (QED) is 0.746. The van der Waals surface area contributed by atoms with Gasteiger partial charge in [0.2, 0.25) is 0 Å². The van der Waals surface area contributed by atoms with Gasteiger partial charge in [-0.2, -0.15) is 5.10 Å². The Hall–Kier alpha value is -0.180. The molecule has 0 spiro atoms. The molecule has 1 aromatic heterocycles. The highest BCUT2D eigenvalue weighted by atomic mass is 127. The summed E-state index contributed by atoms with van der Waals surface area (Å²) in [6.07, 6.45) is 1.09. The first-order valence-electron chi connectivity index (χ1n) is 6.96. The van der Waals surface area contributed by atoms with Gasteiger partial charge in [0.25, 0.3) is 0 Å². The van der Waals surface area contributed by atoms with Crippen LogP contribution in [0.1, 0.15) is 24.1 Å². The highest BCUT2D eigenvalue weighted by molar-refractivity contribution is 14.1. The lowest BCUT2D eigenvalue weighted by Crippen LogP contribution is -2.58. The van der Waals surface area contributed by atoms with E-state index in [0.717, 1.165) is 49.6 Å². The maximum atomic E-state index is 5.50. The molecule has 5 nitrogen and oxygen atoms in total. The molecule has 1 aromatic rings. The van der Waals surface area contributed by atoms with E-state index in [9.17, 15) is 0 Å². The highest BCUT2D eigenvalue weighted by Gasteiger charge is 2.39.